The molecule has 0 aliphatic carbocycles. The van der Waals surface area contributed by atoms with E-state index in [-0.39, 0.29) is 17.6 Å². The van der Waals surface area contributed by atoms with Gasteiger partial charge in [0.05, 0.1) is 4.92 Å². The van der Waals surface area contributed by atoms with Gasteiger partial charge in [0, 0.05) is 27.7 Å². The molecule has 0 aliphatic rings. The summed E-state index contributed by atoms with van der Waals surface area (Å²) < 4.78 is 5.00. The lowest BCUT2D eigenvalue weighted by Gasteiger charge is -1.93. The largest absolute Gasteiger partial charge is 0.415 e. The van der Waals surface area contributed by atoms with Crippen LogP contribution in [0.4, 0.5) is 11.7 Å². The van der Waals surface area contributed by atoms with Gasteiger partial charge in [-0.1, -0.05) is 0 Å². The monoisotopic (exact) mass is 232 g/mol. The van der Waals surface area contributed by atoms with E-state index in [9.17, 15) is 10.1 Å². The van der Waals surface area contributed by atoms with Crippen LogP contribution in [0.3, 0.4) is 0 Å². The van der Waals surface area contributed by atoms with Crippen LogP contribution < -0.4 is 0 Å². The van der Waals surface area contributed by atoms with Crippen molar-refractivity contribution in [1.29, 1.82) is 0 Å². The van der Waals surface area contributed by atoms with Crippen LogP contribution in [0.25, 0.3) is 21.9 Å². The Balaban J connectivity index is 2.32. The molecule has 0 N–H and O–H groups in total. The van der Waals surface area contributed by atoms with Gasteiger partial charge in [0.25, 0.3) is 5.69 Å². The molecule has 1 aromatic carbocycles. The van der Waals surface area contributed by atoms with Gasteiger partial charge in [-0.05, 0) is 17.7 Å². The molecule has 2 rings (SSSR count). The van der Waals surface area contributed by atoms with E-state index in [1.165, 1.54) is 24.3 Å². The number of rotatable bonds is 3. The molecule has 0 aliphatic heterocycles. The second-order valence-corrected chi connectivity index (χ2v) is 2.88. The third kappa shape index (κ3) is 2.19. The molecule has 0 saturated carbocycles. The number of nitrogens with zero attached hydrogens (tertiary/aromatic N) is 6. The topological polar surface area (TPSA) is 131 Å². The molecule has 0 unspecified atom stereocenters. The fourth-order valence-electron chi connectivity index (χ4n) is 1.14. The fourth-order valence-corrected chi connectivity index (χ4v) is 1.14. The van der Waals surface area contributed by atoms with Crippen LogP contribution >= 0.6 is 0 Å². The maximum absolute atomic E-state index is 10.4. The zero-order chi connectivity index (χ0) is 12.3. The van der Waals surface area contributed by atoms with E-state index in [0.717, 1.165) is 0 Å². The Hall–Kier alpha value is -2.93. The highest BCUT2D eigenvalue weighted by molar-refractivity contribution is 5.55. The van der Waals surface area contributed by atoms with Crippen molar-refractivity contribution in [2.24, 2.45) is 5.11 Å². The molecule has 9 nitrogen and oxygen atoms in total. The Morgan fingerprint density at radius 2 is 2.06 bits per heavy atom. The fraction of sp³-hybridized carbons (Fsp3) is 0. The van der Waals surface area contributed by atoms with E-state index in [4.69, 9.17) is 9.95 Å². The first-order chi connectivity index (χ1) is 8.20. The normalized spacial score (nSPS) is 9.65. The standard InChI is InChI=1S/C8H4N6O3/c9-13-12-8-11-10-7(17-8)5-1-3-6(4-2-5)14(15)16/h1-4H. The smallest absolute Gasteiger partial charge is 0.304 e. The highest BCUT2D eigenvalue weighted by atomic mass is 16.6. The van der Waals surface area contributed by atoms with E-state index >= 15 is 0 Å². The van der Waals surface area contributed by atoms with Crippen molar-refractivity contribution in [2.75, 3.05) is 0 Å². The summed E-state index contributed by atoms with van der Waals surface area (Å²) in [6, 6.07) is 5.34. The maximum atomic E-state index is 10.4. The number of hydrogen-bond donors (Lipinski definition) is 0. The third-order valence-electron chi connectivity index (χ3n) is 1.87. The number of aromatic nitrogens is 2. The maximum Gasteiger partial charge on any atom is 0.304 e. The molecule has 17 heavy (non-hydrogen) atoms. The summed E-state index contributed by atoms with van der Waals surface area (Å²) in [5.74, 6) is 0.127. The molecular formula is C8H4N6O3. The number of non-ortho nitro benzene ring substituents is 1. The van der Waals surface area contributed by atoms with Crippen LogP contribution in [-0.2, 0) is 0 Å². The first-order valence-electron chi connectivity index (χ1n) is 4.34. The number of nitro groups is 1. The molecule has 0 radical (unpaired) electrons. The summed E-state index contributed by atoms with van der Waals surface area (Å²) in [6.45, 7) is 0. The lowest BCUT2D eigenvalue weighted by Crippen LogP contribution is -1.87. The van der Waals surface area contributed by atoms with Gasteiger partial charge in [0.1, 0.15) is 0 Å². The van der Waals surface area contributed by atoms with Gasteiger partial charge in [0.2, 0.25) is 5.89 Å². The molecule has 0 amide bonds. The van der Waals surface area contributed by atoms with Crippen LogP contribution in [0, 0.1) is 10.1 Å². The van der Waals surface area contributed by atoms with Gasteiger partial charge in [-0.25, -0.2) is 0 Å². The molecule has 2 aromatic rings. The first-order valence-corrected chi connectivity index (χ1v) is 4.34. The third-order valence-corrected chi connectivity index (χ3v) is 1.87. The van der Waals surface area contributed by atoms with E-state index in [1.807, 2.05) is 0 Å². The molecule has 84 valence electrons. The highest BCUT2D eigenvalue weighted by Gasteiger charge is 2.09. The molecule has 1 aromatic heterocycles. The average Bonchev–Trinajstić information content (AvgIpc) is 2.78. The van der Waals surface area contributed by atoms with Gasteiger partial charge in [-0.15, -0.1) is 10.2 Å². The lowest BCUT2D eigenvalue weighted by atomic mass is 10.2. The van der Waals surface area contributed by atoms with Crippen molar-refractivity contribution in [3.8, 4) is 11.5 Å². The minimum Gasteiger partial charge on any atom is -0.415 e. The minimum absolute atomic E-state index is 0.0384. The molecule has 9 heteroatoms. The predicted octanol–water partition coefficient (Wildman–Crippen LogP) is 2.59. The van der Waals surface area contributed by atoms with Gasteiger partial charge in [-0.3, -0.25) is 10.1 Å². The van der Waals surface area contributed by atoms with Crippen molar-refractivity contribution in [3.05, 3.63) is 44.8 Å². The van der Waals surface area contributed by atoms with E-state index < -0.39 is 4.92 Å². The number of hydrogen-bond acceptors (Lipinski definition) is 6. The predicted molar refractivity (Wildman–Crippen MR) is 55.2 cm³/mol. The SMILES string of the molecule is [N-]=[N+]=Nc1nnc(-c2ccc([N+](=O)[O-])cc2)o1. The minimum atomic E-state index is -0.511. The quantitative estimate of drug-likeness (QED) is 0.264. The molecule has 0 bridgehead atoms. The van der Waals surface area contributed by atoms with Gasteiger partial charge in [0.15, 0.2) is 0 Å². The zero-order valence-electron chi connectivity index (χ0n) is 8.22. The first kappa shape index (κ1) is 10.6. The summed E-state index contributed by atoms with van der Waals surface area (Å²) in [6.07, 6.45) is 0. The number of azide groups is 1. The summed E-state index contributed by atoms with van der Waals surface area (Å²) in [5, 5.41) is 20.7. The summed E-state index contributed by atoms with van der Waals surface area (Å²) in [4.78, 5) is 12.4. The lowest BCUT2D eigenvalue weighted by molar-refractivity contribution is -0.384. The van der Waals surface area contributed by atoms with Crippen molar-refractivity contribution >= 4 is 11.7 Å². The molecule has 0 atom stereocenters. The van der Waals surface area contributed by atoms with Crippen LogP contribution in [0.2, 0.25) is 0 Å². The van der Waals surface area contributed by atoms with Crippen molar-refractivity contribution in [3.63, 3.8) is 0 Å². The Bertz CT molecular complexity index is 598. The molecule has 0 saturated heterocycles. The van der Waals surface area contributed by atoms with Crippen molar-refractivity contribution in [1.82, 2.24) is 10.2 Å². The van der Waals surface area contributed by atoms with Crippen LogP contribution in [0.15, 0.2) is 33.8 Å². The summed E-state index contributed by atoms with van der Waals surface area (Å²) >= 11 is 0. The Morgan fingerprint density at radius 1 is 1.35 bits per heavy atom. The Labute approximate surface area is 93.5 Å². The second-order valence-electron chi connectivity index (χ2n) is 2.88. The van der Waals surface area contributed by atoms with E-state index in [0.29, 0.717) is 5.56 Å². The Kier molecular flexibility index (Phi) is 2.67. The van der Waals surface area contributed by atoms with Crippen molar-refractivity contribution < 1.29 is 9.34 Å². The van der Waals surface area contributed by atoms with Crippen LogP contribution in [-0.4, -0.2) is 15.1 Å². The number of nitro benzene ring substituents is 1. The molecular weight excluding hydrogens is 228 g/mol. The highest BCUT2D eigenvalue weighted by Crippen LogP contribution is 2.23. The van der Waals surface area contributed by atoms with E-state index in [1.54, 1.807) is 0 Å². The molecule has 0 fully saturated rings. The number of benzene rings is 1. The second kappa shape index (κ2) is 4.29. The molecule has 1 heterocycles. The molecule has 0 spiro atoms. The average molecular weight is 232 g/mol. The van der Waals surface area contributed by atoms with Gasteiger partial charge in [-0.2, -0.15) is 0 Å². The van der Waals surface area contributed by atoms with Crippen LogP contribution in [0.1, 0.15) is 0 Å². The van der Waals surface area contributed by atoms with Gasteiger partial charge < -0.3 is 4.42 Å². The van der Waals surface area contributed by atoms with Crippen LogP contribution in [0.5, 0.6) is 0 Å². The zero-order valence-corrected chi connectivity index (χ0v) is 8.22. The summed E-state index contributed by atoms with van der Waals surface area (Å²) in [5.41, 5.74) is 8.62. The summed E-state index contributed by atoms with van der Waals surface area (Å²) in [7, 11) is 0. The van der Waals surface area contributed by atoms with Crippen molar-refractivity contribution in [2.45, 2.75) is 0 Å². The van der Waals surface area contributed by atoms with Gasteiger partial charge >= 0.3 is 6.01 Å². The Morgan fingerprint density at radius 3 is 2.65 bits per heavy atom. The van der Waals surface area contributed by atoms with E-state index in [2.05, 4.69) is 20.2 Å².